The molecule has 0 aliphatic heterocycles. The van der Waals surface area contributed by atoms with Crippen molar-refractivity contribution < 1.29 is 19.0 Å². The van der Waals surface area contributed by atoms with Crippen LogP contribution < -0.4 is 19.1 Å². The minimum absolute atomic E-state index is 0.267. The molecule has 0 spiro atoms. The van der Waals surface area contributed by atoms with Crippen molar-refractivity contribution in [2.24, 2.45) is 0 Å². The Morgan fingerprint density at radius 2 is 1.72 bits per heavy atom. The van der Waals surface area contributed by atoms with Gasteiger partial charge in [-0.3, -0.25) is 9.69 Å². The van der Waals surface area contributed by atoms with E-state index in [1.165, 1.54) is 32.7 Å². The first-order valence-corrected chi connectivity index (χ1v) is 9.74. The van der Waals surface area contributed by atoms with E-state index in [-0.39, 0.29) is 5.91 Å². The van der Waals surface area contributed by atoms with Crippen LogP contribution in [0.5, 0.6) is 17.2 Å². The number of carbonyl (C=O) groups is 1. The summed E-state index contributed by atoms with van der Waals surface area (Å²) >= 11 is 1.40. The van der Waals surface area contributed by atoms with Crippen LogP contribution in [0.3, 0.4) is 0 Å². The molecule has 0 saturated carbocycles. The summed E-state index contributed by atoms with van der Waals surface area (Å²) in [6.45, 7) is 4.08. The van der Waals surface area contributed by atoms with Crippen LogP contribution in [-0.4, -0.2) is 38.8 Å². The Balaban J connectivity index is 2.01. The fraction of sp³-hybridized carbons (Fsp3) is 0.182. The number of hydrogen-bond acceptors (Lipinski definition) is 6. The number of thiazole rings is 1. The number of rotatable bonds is 8. The number of benzene rings is 2. The van der Waals surface area contributed by atoms with Gasteiger partial charge in [0.25, 0.3) is 5.91 Å². The minimum Gasteiger partial charge on any atom is -0.496 e. The van der Waals surface area contributed by atoms with Crippen LogP contribution in [0.4, 0.5) is 5.13 Å². The summed E-state index contributed by atoms with van der Waals surface area (Å²) in [5.41, 5.74) is 2.15. The number of hydrogen-bond donors (Lipinski definition) is 0. The number of carbonyl (C=O) groups excluding carboxylic acids is 1. The quantitative estimate of drug-likeness (QED) is 0.505. The molecule has 1 aromatic heterocycles. The third-order valence-corrected chi connectivity index (χ3v) is 5.15. The molecule has 29 heavy (non-hydrogen) atoms. The van der Waals surface area contributed by atoms with Gasteiger partial charge in [-0.15, -0.1) is 17.9 Å². The molecule has 0 atom stereocenters. The van der Waals surface area contributed by atoms with Gasteiger partial charge in [0.1, 0.15) is 5.75 Å². The highest BCUT2D eigenvalue weighted by Crippen LogP contribution is 2.36. The summed E-state index contributed by atoms with van der Waals surface area (Å²) in [6, 6.07) is 13.1. The second-order valence-electron chi connectivity index (χ2n) is 5.99. The lowest BCUT2D eigenvalue weighted by molar-refractivity contribution is 0.0986. The standard InChI is InChI=1S/C22H22N2O4S/c1-5-11-24(22-23-17(14-29-22)15-9-7-6-8-10-15)21(25)16-12-19(27-3)20(28-4)13-18(16)26-2/h5-10,12-14H,1,11H2,2-4H3. The molecule has 0 saturated heterocycles. The summed E-state index contributed by atoms with van der Waals surface area (Å²) < 4.78 is 16.1. The van der Waals surface area contributed by atoms with Crippen LogP contribution >= 0.6 is 11.3 Å². The molecule has 150 valence electrons. The second-order valence-corrected chi connectivity index (χ2v) is 6.83. The number of amides is 1. The first kappa shape index (κ1) is 20.4. The van der Waals surface area contributed by atoms with Gasteiger partial charge in [-0.1, -0.05) is 36.4 Å². The van der Waals surface area contributed by atoms with Crippen molar-refractivity contribution in [2.75, 3.05) is 32.8 Å². The molecule has 0 radical (unpaired) electrons. The van der Waals surface area contributed by atoms with E-state index in [9.17, 15) is 4.79 Å². The summed E-state index contributed by atoms with van der Waals surface area (Å²) in [7, 11) is 4.56. The van der Waals surface area contributed by atoms with Gasteiger partial charge in [0.05, 0.1) is 32.6 Å². The van der Waals surface area contributed by atoms with E-state index in [1.54, 1.807) is 23.1 Å². The normalized spacial score (nSPS) is 10.3. The Kier molecular flexibility index (Phi) is 6.51. The van der Waals surface area contributed by atoms with Crippen molar-refractivity contribution in [2.45, 2.75) is 0 Å². The highest BCUT2D eigenvalue weighted by atomic mass is 32.1. The predicted molar refractivity (Wildman–Crippen MR) is 116 cm³/mol. The molecule has 0 aliphatic carbocycles. The lowest BCUT2D eigenvalue weighted by Gasteiger charge is -2.20. The van der Waals surface area contributed by atoms with E-state index < -0.39 is 0 Å². The van der Waals surface area contributed by atoms with Gasteiger partial charge in [-0.25, -0.2) is 4.98 Å². The zero-order valence-corrected chi connectivity index (χ0v) is 17.4. The number of aromatic nitrogens is 1. The third-order valence-electron chi connectivity index (χ3n) is 4.29. The maximum absolute atomic E-state index is 13.4. The van der Waals surface area contributed by atoms with E-state index in [2.05, 4.69) is 11.6 Å². The SMILES string of the molecule is C=CCN(C(=O)c1cc(OC)c(OC)cc1OC)c1nc(-c2ccccc2)cs1. The van der Waals surface area contributed by atoms with Crippen molar-refractivity contribution >= 4 is 22.4 Å². The van der Waals surface area contributed by atoms with E-state index in [4.69, 9.17) is 14.2 Å². The summed E-state index contributed by atoms with van der Waals surface area (Å²) in [5, 5.41) is 2.51. The van der Waals surface area contributed by atoms with Crippen LogP contribution in [0.1, 0.15) is 10.4 Å². The highest BCUT2D eigenvalue weighted by molar-refractivity contribution is 7.14. The van der Waals surface area contributed by atoms with Crippen LogP contribution in [0.25, 0.3) is 11.3 Å². The van der Waals surface area contributed by atoms with Gasteiger partial charge < -0.3 is 14.2 Å². The Hall–Kier alpha value is -3.32. The molecule has 0 unspecified atom stereocenters. The molecule has 1 amide bonds. The average Bonchev–Trinajstić information content (AvgIpc) is 3.26. The van der Waals surface area contributed by atoms with Crippen molar-refractivity contribution in [1.82, 2.24) is 4.98 Å². The Morgan fingerprint density at radius 3 is 2.34 bits per heavy atom. The fourth-order valence-electron chi connectivity index (χ4n) is 2.85. The number of methoxy groups -OCH3 is 3. The lowest BCUT2D eigenvalue weighted by Crippen LogP contribution is -2.31. The molecule has 0 fully saturated rings. The first-order chi connectivity index (χ1) is 14.1. The van der Waals surface area contributed by atoms with E-state index in [0.717, 1.165) is 11.3 Å². The summed E-state index contributed by atoms with van der Waals surface area (Å²) in [5.74, 6) is 1.05. The van der Waals surface area contributed by atoms with Crippen molar-refractivity contribution in [1.29, 1.82) is 0 Å². The maximum Gasteiger partial charge on any atom is 0.264 e. The maximum atomic E-state index is 13.4. The van der Waals surface area contributed by atoms with Crippen LogP contribution in [0.15, 0.2) is 60.5 Å². The van der Waals surface area contributed by atoms with Gasteiger partial charge in [0.2, 0.25) is 0 Å². The molecular weight excluding hydrogens is 388 g/mol. The van der Waals surface area contributed by atoms with Gasteiger partial charge in [-0.05, 0) is 0 Å². The van der Waals surface area contributed by atoms with Gasteiger partial charge in [0, 0.05) is 29.6 Å². The first-order valence-electron chi connectivity index (χ1n) is 8.86. The average molecular weight is 410 g/mol. The van der Waals surface area contributed by atoms with Crippen molar-refractivity contribution in [3.8, 4) is 28.5 Å². The largest absolute Gasteiger partial charge is 0.496 e. The van der Waals surface area contributed by atoms with Gasteiger partial charge in [0.15, 0.2) is 16.6 Å². The van der Waals surface area contributed by atoms with E-state index >= 15 is 0 Å². The Morgan fingerprint density at radius 1 is 1.07 bits per heavy atom. The molecular formula is C22H22N2O4S. The number of ether oxygens (including phenoxy) is 3. The van der Waals surface area contributed by atoms with Crippen LogP contribution in [0.2, 0.25) is 0 Å². The van der Waals surface area contributed by atoms with Crippen molar-refractivity contribution in [3.63, 3.8) is 0 Å². The molecule has 7 heteroatoms. The van der Waals surface area contributed by atoms with Crippen LogP contribution in [-0.2, 0) is 0 Å². The van der Waals surface area contributed by atoms with Gasteiger partial charge in [-0.2, -0.15) is 0 Å². The van der Waals surface area contributed by atoms with Crippen LogP contribution in [0, 0.1) is 0 Å². The third kappa shape index (κ3) is 4.25. The summed E-state index contributed by atoms with van der Waals surface area (Å²) in [6.07, 6.45) is 1.66. The topological polar surface area (TPSA) is 60.9 Å². The lowest BCUT2D eigenvalue weighted by atomic mass is 10.1. The molecule has 0 bridgehead atoms. The number of anilines is 1. The Labute approximate surface area is 174 Å². The molecule has 3 aromatic rings. The number of nitrogens with zero attached hydrogens (tertiary/aromatic N) is 2. The molecule has 0 N–H and O–H groups in total. The molecule has 3 rings (SSSR count). The van der Waals surface area contributed by atoms with Gasteiger partial charge >= 0.3 is 0 Å². The van der Waals surface area contributed by atoms with E-state index in [1.807, 2.05) is 35.7 Å². The molecule has 0 aliphatic rings. The summed E-state index contributed by atoms with van der Waals surface area (Å²) in [4.78, 5) is 19.6. The monoisotopic (exact) mass is 410 g/mol. The zero-order valence-electron chi connectivity index (χ0n) is 16.5. The van der Waals surface area contributed by atoms with Crippen molar-refractivity contribution in [3.05, 3.63) is 66.1 Å². The molecule has 6 nitrogen and oxygen atoms in total. The minimum atomic E-state index is -0.267. The Bertz CT molecular complexity index is 1000. The smallest absolute Gasteiger partial charge is 0.264 e. The van der Waals surface area contributed by atoms with E-state index in [0.29, 0.717) is 34.5 Å². The predicted octanol–water partition coefficient (Wildman–Crippen LogP) is 4.67. The second kappa shape index (κ2) is 9.25. The molecule has 1 heterocycles. The molecule has 2 aromatic carbocycles. The zero-order chi connectivity index (χ0) is 20.8. The highest BCUT2D eigenvalue weighted by Gasteiger charge is 2.25. The fourth-order valence-corrected chi connectivity index (χ4v) is 3.69.